The molecule has 0 fully saturated rings. The van der Waals surface area contributed by atoms with E-state index >= 15 is 0 Å². The minimum atomic E-state index is 0.622. The molecule has 1 aromatic rings. The van der Waals surface area contributed by atoms with E-state index in [1.165, 1.54) is 18.4 Å². The molecule has 0 radical (unpaired) electrons. The molecule has 3 heteroatoms. The summed E-state index contributed by atoms with van der Waals surface area (Å²) < 4.78 is 1.16. The van der Waals surface area contributed by atoms with Crippen LogP contribution in [-0.4, -0.2) is 31.1 Å². The van der Waals surface area contributed by atoms with E-state index in [2.05, 4.69) is 78.2 Å². The van der Waals surface area contributed by atoms with Crippen molar-refractivity contribution in [1.82, 2.24) is 10.2 Å². The molecule has 0 heterocycles. The molecule has 114 valence electrons. The molecular weight excluding hydrogens is 312 g/mol. The van der Waals surface area contributed by atoms with Gasteiger partial charge in [0, 0.05) is 30.1 Å². The maximum absolute atomic E-state index is 3.62. The molecule has 1 rings (SSSR count). The predicted octanol–water partition coefficient (Wildman–Crippen LogP) is 4.30. The van der Waals surface area contributed by atoms with Crippen molar-refractivity contribution < 1.29 is 0 Å². The smallest absolute Gasteiger partial charge is 0.0231 e. The summed E-state index contributed by atoms with van der Waals surface area (Å²) in [6.07, 6.45) is 2.58. The van der Waals surface area contributed by atoms with Crippen molar-refractivity contribution in [2.24, 2.45) is 5.92 Å². The number of benzene rings is 1. The van der Waals surface area contributed by atoms with E-state index in [1.807, 2.05) is 0 Å². The number of nitrogens with one attached hydrogen (secondary N) is 1. The molecule has 0 spiro atoms. The standard InChI is InChI=1S/C17H29BrN2/c1-14(2)8-9-15(3)19-10-11-20(4)13-16-6-5-7-17(18)12-16/h5-7,12,14-15,19H,8-11,13H2,1-4H3. The summed E-state index contributed by atoms with van der Waals surface area (Å²) in [5.41, 5.74) is 1.36. The Hall–Kier alpha value is -0.380. The van der Waals surface area contributed by atoms with Gasteiger partial charge in [-0.3, -0.25) is 0 Å². The quantitative estimate of drug-likeness (QED) is 0.721. The second kappa shape index (κ2) is 9.54. The third-order valence-electron chi connectivity index (χ3n) is 3.50. The average Bonchev–Trinajstić information content (AvgIpc) is 2.36. The van der Waals surface area contributed by atoms with Crippen LogP contribution in [0.1, 0.15) is 39.2 Å². The first-order valence-corrected chi connectivity index (χ1v) is 8.43. The summed E-state index contributed by atoms with van der Waals surface area (Å²) in [4.78, 5) is 2.37. The molecule has 1 atom stereocenters. The van der Waals surface area contributed by atoms with Crippen molar-refractivity contribution in [1.29, 1.82) is 0 Å². The topological polar surface area (TPSA) is 15.3 Å². The molecule has 0 aromatic heterocycles. The number of hydrogen-bond donors (Lipinski definition) is 1. The highest BCUT2D eigenvalue weighted by molar-refractivity contribution is 9.10. The Bertz CT molecular complexity index is 379. The van der Waals surface area contributed by atoms with Gasteiger partial charge in [-0.15, -0.1) is 0 Å². The fraction of sp³-hybridized carbons (Fsp3) is 0.647. The van der Waals surface area contributed by atoms with Crippen molar-refractivity contribution in [2.75, 3.05) is 20.1 Å². The van der Waals surface area contributed by atoms with Gasteiger partial charge in [-0.25, -0.2) is 0 Å². The van der Waals surface area contributed by atoms with Gasteiger partial charge in [0.25, 0.3) is 0 Å². The number of hydrogen-bond acceptors (Lipinski definition) is 2. The first-order valence-electron chi connectivity index (χ1n) is 7.63. The second-order valence-electron chi connectivity index (χ2n) is 6.19. The highest BCUT2D eigenvalue weighted by atomic mass is 79.9. The van der Waals surface area contributed by atoms with Crippen molar-refractivity contribution in [3.8, 4) is 0 Å². The molecule has 0 saturated heterocycles. The summed E-state index contributed by atoms with van der Waals surface area (Å²) in [5, 5.41) is 3.62. The van der Waals surface area contributed by atoms with Gasteiger partial charge >= 0.3 is 0 Å². The van der Waals surface area contributed by atoms with Crippen LogP contribution in [0, 0.1) is 5.92 Å². The molecule has 1 unspecified atom stereocenters. The molecule has 0 aliphatic heterocycles. The fourth-order valence-corrected chi connectivity index (χ4v) is 2.66. The van der Waals surface area contributed by atoms with Crippen molar-refractivity contribution >= 4 is 15.9 Å². The van der Waals surface area contributed by atoms with Crippen LogP contribution in [0.2, 0.25) is 0 Å². The van der Waals surface area contributed by atoms with Gasteiger partial charge in [-0.05, 0) is 50.4 Å². The minimum Gasteiger partial charge on any atom is -0.313 e. The zero-order chi connectivity index (χ0) is 15.0. The van der Waals surface area contributed by atoms with Gasteiger partial charge < -0.3 is 10.2 Å². The summed E-state index contributed by atoms with van der Waals surface area (Å²) in [6.45, 7) is 10.0. The zero-order valence-corrected chi connectivity index (χ0v) is 14.9. The van der Waals surface area contributed by atoms with Crippen LogP contribution in [0.3, 0.4) is 0 Å². The third kappa shape index (κ3) is 8.03. The normalized spacial score (nSPS) is 13.2. The Morgan fingerprint density at radius 1 is 1.20 bits per heavy atom. The Balaban J connectivity index is 2.18. The maximum atomic E-state index is 3.62. The Kier molecular flexibility index (Phi) is 8.43. The van der Waals surface area contributed by atoms with E-state index in [-0.39, 0.29) is 0 Å². The van der Waals surface area contributed by atoms with Crippen LogP contribution in [-0.2, 0) is 6.54 Å². The molecule has 2 nitrogen and oxygen atoms in total. The first-order chi connectivity index (χ1) is 9.47. The summed E-state index contributed by atoms with van der Waals surface area (Å²) >= 11 is 3.52. The molecule has 1 N–H and O–H groups in total. The Labute approximate surface area is 133 Å². The van der Waals surface area contributed by atoms with E-state index in [0.717, 1.165) is 30.0 Å². The van der Waals surface area contributed by atoms with Gasteiger partial charge in [0.15, 0.2) is 0 Å². The molecular formula is C17H29BrN2. The molecule has 0 saturated carbocycles. The molecule has 20 heavy (non-hydrogen) atoms. The van der Waals surface area contributed by atoms with E-state index < -0.39 is 0 Å². The largest absolute Gasteiger partial charge is 0.313 e. The fourth-order valence-electron chi connectivity index (χ4n) is 2.21. The second-order valence-corrected chi connectivity index (χ2v) is 7.11. The van der Waals surface area contributed by atoms with Crippen molar-refractivity contribution in [3.63, 3.8) is 0 Å². The lowest BCUT2D eigenvalue weighted by Gasteiger charge is -2.20. The Morgan fingerprint density at radius 3 is 2.60 bits per heavy atom. The van der Waals surface area contributed by atoms with E-state index in [0.29, 0.717) is 6.04 Å². The van der Waals surface area contributed by atoms with Gasteiger partial charge in [0.2, 0.25) is 0 Å². The molecule has 1 aromatic carbocycles. The predicted molar refractivity (Wildman–Crippen MR) is 92.0 cm³/mol. The maximum Gasteiger partial charge on any atom is 0.0231 e. The molecule has 0 aliphatic rings. The van der Waals surface area contributed by atoms with Crippen LogP contribution < -0.4 is 5.32 Å². The Morgan fingerprint density at radius 2 is 1.95 bits per heavy atom. The molecule has 0 aliphatic carbocycles. The van der Waals surface area contributed by atoms with Crippen LogP contribution in [0.4, 0.5) is 0 Å². The van der Waals surface area contributed by atoms with E-state index in [4.69, 9.17) is 0 Å². The van der Waals surface area contributed by atoms with E-state index in [1.54, 1.807) is 0 Å². The number of likely N-dealkylation sites (N-methyl/N-ethyl adjacent to an activating group) is 1. The van der Waals surface area contributed by atoms with Crippen LogP contribution >= 0.6 is 15.9 Å². The van der Waals surface area contributed by atoms with Gasteiger partial charge in [-0.1, -0.05) is 41.9 Å². The van der Waals surface area contributed by atoms with E-state index in [9.17, 15) is 0 Å². The van der Waals surface area contributed by atoms with Crippen molar-refractivity contribution in [3.05, 3.63) is 34.3 Å². The van der Waals surface area contributed by atoms with Crippen LogP contribution in [0.5, 0.6) is 0 Å². The van der Waals surface area contributed by atoms with Crippen molar-refractivity contribution in [2.45, 2.75) is 46.2 Å². The lowest BCUT2D eigenvalue weighted by Crippen LogP contribution is -2.34. The van der Waals surface area contributed by atoms with Crippen LogP contribution in [0.15, 0.2) is 28.7 Å². The monoisotopic (exact) mass is 340 g/mol. The lowest BCUT2D eigenvalue weighted by atomic mass is 10.0. The highest BCUT2D eigenvalue weighted by Gasteiger charge is 2.04. The lowest BCUT2D eigenvalue weighted by molar-refractivity contribution is 0.314. The number of nitrogens with zero attached hydrogens (tertiary/aromatic N) is 1. The molecule has 0 amide bonds. The van der Waals surface area contributed by atoms with Crippen LogP contribution in [0.25, 0.3) is 0 Å². The SMILES string of the molecule is CC(C)CCC(C)NCCN(C)Cc1cccc(Br)c1. The zero-order valence-electron chi connectivity index (χ0n) is 13.3. The minimum absolute atomic E-state index is 0.622. The first kappa shape index (κ1) is 17.7. The summed E-state index contributed by atoms with van der Waals surface area (Å²) in [5.74, 6) is 0.804. The van der Waals surface area contributed by atoms with Gasteiger partial charge in [0.1, 0.15) is 0 Å². The summed E-state index contributed by atoms with van der Waals surface area (Å²) in [7, 11) is 2.18. The molecule has 0 bridgehead atoms. The number of rotatable bonds is 9. The van der Waals surface area contributed by atoms with Gasteiger partial charge in [0.05, 0.1) is 0 Å². The average molecular weight is 341 g/mol. The summed E-state index contributed by atoms with van der Waals surface area (Å²) in [6, 6.07) is 9.16. The third-order valence-corrected chi connectivity index (χ3v) is 4.00. The highest BCUT2D eigenvalue weighted by Crippen LogP contribution is 2.12. The van der Waals surface area contributed by atoms with Gasteiger partial charge in [-0.2, -0.15) is 0 Å². The number of halogens is 1.